The molecule has 0 saturated carbocycles. The zero-order valence-corrected chi connectivity index (χ0v) is 19.4. The number of thioether (sulfide) groups is 2. The van der Waals surface area contributed by atoms with E-state index in [0.717, 1.165) is 51.6 Å². The topological polar surface area (TPSA) is 46.4 Å². The molecule has 32 heavy (non-hydrogen) atoms. The van der Waals surface area contributed by atoms with Crippen LogP contribution >= 0.6 is 23.5 Å². The van der Waals surface area contributed by atoms with Crippen LogP contribution in [0.15, 0.2) is 46.4 Å². The van der Waals surface area contributed by atoms with Crippen molar-refractivity contribution >= 4 is 33.9 Å². The predicted molar refractivity (Wildman–Crippen MR) is 126 cm³/mol. The third-order valence-electron chi connectivity index (χ3n) is 5.37. The van der Waals surface area contributed by atoms with Gasteiger partial charge in [0.1, 0.15) is 0 Å². The minimum atomic E-state index is -3.67. The third-order valence-corrected chi connectivity index (χ3v) is 7.34. The number of aryl methyl sites for hydroxylation is 2. The van der Waals surface area contributed by atoms with Gasteiger partial charge in [-0.15, -0.1) is 8.78 Å². The molecule has 1 saturated heterocycles. The quantitative estimate of drug-likeness (QED) is 0.591. The number of benzene rings is 2. The molecule has 2 aromatic carbocycles. The summed E-state index contributed by atoms with van der Waals surface area (Å²) in [5.41, 5.74) is 4.01. The summed E-state index contributed by atoms with van der Waals surface area (Å²) in [4.78, 5) is 11.8. The van der Waals surface area contributed by atoms with Crippen LogP contribution in [0.2, 0.25) is 0 Å². The van der Waals surface area contributed by atoms with Gasteiger partial charge in [-0.1, -0.05) is 65.0 Å². The number of hydrogen-bond acceptors (Lipinski definition) is 6. The van der Waals surface area contributed by atoms with Crippen molar-refractivity contribution in [2.45, 2.75) is 32.6 Å². The van der Waals surface area contributed by atoms with Crippen LogP contribution in [0.5, 0.6) is 11.5 Å². The van der Waals surface area contributed by atoms with Crippen molar-refractivity contribution in [3.8, 4) is 11.5 Å². The normalized spacial score (nSPS) is 21.3. The molecule has 3 heterocycles. The smallest absolute Gasteiger partial charge is 0.395 e. The van der Waals surface area contributed by atoms with Gasteiger partial charge >= 0.3 is 6.29 Å². The van der Waals surface area contributed by atoms with Crippen LogP contribution in [0.3, 0.4) is 0 Å². The van der Waals surface area contributed by atoms with E-state index in [4.69, 9.17) is 14.5 Å². The monoisotopic (exact) mass is 475 g/mol. The van der Waals surface area contributed by atoms with Crippen molar-refractivity contribution < 1.29 is 18.3 Å². The second-order valence-corrected chi connectivity index (χ2v) is 10.1. The summed E-state index contributed by atoms with van der Waals surface area (Å²) in [5, 5.41) is 1.86. The molecule has 1 unspecified atom stereocenters. The number of para-hydroxylation sites is 1. The minimum absolute atomic E-state index is 0.0461. The molecule has 3 aliphatic heterocycles. The van der Waals surface area contributed by atoms with E-state index in [1.807, 2.05) is 0 Å². The Kier molecular flexibility index (Phi) is 5.79. The number of rotatable bonds is 4. The molecule has 9 heteroatoms. The zero-order chi connectivity index (χ0) is 22.3. The Hall–Kier alpha value is -2.26. The summed E-state index contributed by atoms with van der Waals surface area (Å²) in [7, 11) is 0. The van der Waals surface area contributed by atoms with Gasteiger partial charge in [-0.3, -0.25) is 14.9 Å². The van der Waals surface area contributed by atoms with Gasteiger partial charge in [-0.25, -0.2) is 0 Å². The molecule has 1 atom stereocenters. The van der Waals surface area contributed by atoms with Crippen LogP contribution in [0.1, 0.15) is 28.3 Å². The molecular formula is C23H23F2N3O2S2. The molecule has 1 fully saturated rings. The summed E-state index contributed by atoms with van der Waals surface area (Å²) in [6.45, 7) is 5.77. The first-order valence-electron chi connectivity index (χ1n) is 10.5. The molecule has 3 aliphatic rings. The van der Waals surface area contributed by atoms with Gasteiger partial charge in [0, 0.05) is 23.6 Å². The molecule has 0 aliphatic carbocycles. The number of nitrogens with zero attached hydrogens (tertiary/aromatic N) is 3. The van der Waals surface area contributed by atoms with Gasteiger partial charge < -0.3 is 9.47 Å². The number of alkyl halides is 2. The highest BCUT2D eigenvalue weighted by molar-refractivity contribution is 8.16. The Morgan fingerprint density at radius 2 is 1.94 bits per heavy atom. The van der Waals surface area contributed by atoms with Crippen LogP contribution in [0, 0.1) is 13.8 Å². The fraction of sp³-hybridized carbons (Fsp3) is 0.391. The largest absolute Gasteiger partial charge is 0.586 e. The summed E-state index contributed by atoms with van der Waals surface area (Å²) in [6, 6.07) is 11.0. The summed E-state index contributed by atoms with van der Waals surface area (Å²) >= 11 is 3.40. The van der Waals surface area contributed by atoms with Crippen molar-refractivity contribution in [3.05, 3.63) is 58.7 Å². The van der Waals surface area contributed by atoms with Crippen LogP contribution in [0.4, 0.5) is 8.78 Å². The maximum Gasteiger partial charge on any atom is 0.586 e. The Morgan fingerprint density at radius 3 is 2.69 bits per heavy atom. The Morgan fingerprint density at radius 1 is 1.12 bits per heavy atom. The third kappa shape index (κ3) is 4.45. The molecule has 0 amide bonds. The van der Waals surface area contributed by atoms with Crippen molar-refractivity contribution in [2.24, 2.45) is 9.98 Å². The molecule has 5 nitrogen and oxygen atoms in total. The maximum absolute atomic E-state index is 13.9. The highest BCUT2D eigenvalue weighted by atomic mass is 32.2. The zero-order valence-electron chi connectivity index (χ0n) is 17.8. The van der Waals surface area contributed by atoms with Gasteiger partial charge in [0.2, 0.25) is 0 Å². The molecule has 0 aromatic heterocycles. The van der Waals surface area contributed by atoms with Crippen LogP contribution < -0.4 is 9.47 Å². The van der Waals surface area contributed by atoms with E-state index in [1.165, 1.54) is 6.07 Å². The molecule has 5 rings (SSSR count). The van der Waals surface area contributed by atoms with Crippen LogP contribution in [-0.2, 0) is 6.42 Å². The van der Waals surface area contributed by atoms with Crippen molar-refractivity contribution in [2.75, 3.05) is 24.6 Å². The average Bonchev–Trinajstić information content (AvgIpc) is 3.44. The first kappa shape index (κ1) is 21.6. The molecule has 0 N–H and O–H groups in total. The molecule has 2 aromatic rings. The average molecular weight is 476 g/mol. The van der Waals surface area contributed by atoms with E-state index in [2.05, 4.69) is 41.9 Å². The van der Waals surface area contributed by atoms with Crippen molar-refractivity contribution in [1.82, 2.24) is 4.90 Å². The van der Waals surface area contributed by atoms with E-state index in [9.17, 15) is 8.78 Å². The van der Waals surface area contributed by atoms with E-state index < -0.39 is 12.3 Å². The molecular weight excluding hydrogens is 452 g/mol. The van der Waals surface area contributed by atoms with Gasteiger partial charge in [0.15, 0.2) is 21.8 Å². The van der Waals surface area contributed by atoms with Gasteiger partial charge in [-0.05, 0) is 31.9 Å². The predicted octanol–water partition coefficient (Wildman–Crippen LogP) is 5.42. The maximum atomic E-state index is 13.9. The summed E-state index contributed by atoms with van der Waals surface area (Å²) < 4.78 is 37.4. The Balaban J connectivity index is 1.55. The molecule has 0 bridgehead atoms. The Bertz CT molecular complexity index is 1090. The van der Waals surface area contributed by atoms with Crippen LogP contribution in [-0.4, -0.2) is 46.1 Å². The van der Waals surface area contributed by atoms with Gasteiger partial charge in [0.25, 0.3) is 0 Å². The molecule has 168 valence electrons. The van der Waals surface area contributed by atoms with E-state index in [1.54, 1.807) is 35.7 Å². The van der Waals surface area contributed by atoms with E-state index in [0.29, 0.717) is 12.0 Å². The summed E-state index contributed by atoms with van der Waals surface area (Å²) in [5.74, 6) is 2.00. The Labute approximate surface area is 194 Å². The van der Waals surface area contributed by atoms with E-state index >= 15 is 0 Å². The highest BCUT2D eigenvalue weighted by Crippen LogP contribution is 2.46. The lowest BCUT2D eigenvalue weighted by molar-refractivity contribution is -0.287. The molecule has 0 radical (unpaired) electrons. The van der Waals surface area contributed by atoms with E-state index in [-0.39, 0.29) is 11.5 Å². The summed E-state index contributed by atoms with van der Waals surface area (Å²) in [6.07, 6.45) is -3.11. The highest BCUT2D eigenvalue weighted by Gasteiger charge is 2.45. The lowest BCUT2D eigenvalue weighted by Gasteiger charge is -2.21. The van der Waals surface area contributed by atoms with Crippen molar-refractivity contribution in [1.29, 1.82) is 0 Å². The first-order chi connectivity index (χ1) is 15.4. The minimum Gasteiger partial charge on any atom is -0.395 e. The van der Waals surface area contributed by atoms with Gasteiger partial charge in [0.05, 0.1) is 12.6 Å². The van der Waals surface area contributed by atoms with Crippen molar-refractivity contribution in [3.63, 3.8) is 0 Å². The second kappa shape index (κ2) is 8.59. The number of hydrogen-bond donors (Lipinski definition) is 0. The van der Waals surface area contributed by atoms with Gasteiger partial charge in [-0.2, -0.15) is 0 Å². The molecule has 0 spiro atoms. The number of fused-ring (bicyclic) bond motifs is 1. The standard InChI is InChI=1S/C23H23F2N3O2S2/c1-14-10-15(2)12-16(11-14)13-18(17-4-3-5-19-20(17)30-23(24,25)29-19)27-22-28(7-9-32-22)21-26-6-8-31-21/h3-5,10-12,18H,6-9,13H2,1-2H3. The second-order valence-electron chi connectivity index (χ2n) is 7.98. The lowest BCUT2D eigenvalue weighted by Crippen LogP contribution is -2.29. The number of halogens is 2. The fourth-order valence-corrected chi connectivity index (χ4v) is 6.13. The SMILES string of the molecule is Cc1cc(C)cc(CC(N=C2SCCN2C2=NCCS2)c2cccc3c2OC(F)(F)O3)c1. The van der Waals surface area contributed by atoms with Crippen LogP contribution in [0.25, 0.3) is 0 Å². The first-order valence-corrected chi connectivity index (χ1v) is 12.5. The fourth-order valence-electron chi connectivity index (χ4n) is 4.19. The number of aliphatic imine (C=N–C) groups is 2. The number of ether oxygens (including phenoxy) is 2. The lowest BCUT2D eigenvalue weighted by atomic mass is 9.96. The number of amidine groups is 2.